The number of nitrogens with one attached hydrogen (secondary N) is 3. The van der Waals surface area contributed by atoms with Crippen LogP contribution in [0.5, 0.6) is 11.8 Å². The fourth-order valence-electron chi connectivity index (χ4n) is 2.39. The van der Waals surface area contributed by atoms with E-state index in [1.54, 1.807) is 0 Å². The first-order chi connectivity index (χ1) is 12.1. The van der Waals surface area contributed by atoms with Crippen LogP contribution in [-0.4, -0.2) is 52.1 Å². The lowest BCUT2D eigenvalue weighted by atomic mass is 10.1. The number of rotatable bonds is 6. The smallest absolute Gasteiger partial charge is 0.388 e. The van der Waals surface area contributed by atoms with Crippen molar-refractivity contribution in [1.82, 2.24) is 25.5 Å². The first-order valence-electron chi connectivity index (χ1n) is 7.71. The molecular formula is C14H17F3N6O2. The number of anilines is 2. The summed E-state index contributed by atoms with van der Waals surface area (Å²) in [6.45, 7) is -1.98. The van der Waals surface area contributed by atoms with E-state index >= 15 is 0 Å². The Kier molecular flexibility index (Phi) is 5.53. The standard InChI is InChI=1S/C14H17F3N6O2/c15-8-5-18-3-1-2-9(8)24-13-7-19-6-11(21-13)20-10-4-12(23-22-10)25-14(16)17/h4,6-9,14,18H,1-3,5H2,(H2,20,21,22,23)/t8-,9-/m0/s1. The molecule has 3 heterocycles. The van der Waals surface area contributed by atoms with Crippen molar-refractivity contribution in [3.05, 3.63) is 18.5 Å². The fraction of sp³-hybridized carbons (Fsp3) is 0.500. The second kappa shape index (κ2) is 8.01. The van der Waals surface area contributed by atoms with E-state index in [9.17, 15) is 13.2 Å². The third-order valence-electron chi connectivity index (χ3n) is 3.50. The molecule has 1 aliphatic rings. The van der Waals surface area contributed by atoms with Crippen molar-refractivity contribution < 1.29 is 22.6 Å². The number of hydrogen-bond donors (Lipinski definition) is 3. The van der Waals surface area contributed by atoms with Gasteiger partial charge in [0.15, 0.2) is 5.82 Å². The Hall–Kier alpha value is -2.56. The number of alkyl halides is 3. The summed E-state index contributed by atoms with van der Waals surface area (Å²) in [5.41, 5.74) is 0. The largest absolute Gasteiger partial charge is 0.470 e. The number of halogens is 3. The van der Waals surface area contributed by atoms with E-state index in [1.807, 2.05) is 0 Å². The van der Waals surface area contributed by atoms with Gasteiger partial charge in [-0.25, -0.2) is 4.39 Å². The molecule has 0 saturated carbocycles. The van der Waals surface area contributed by atoms with Crippen LogP contribution >= 0.6 is 0 Å². The molecule has 0 spiro atoms. The van der Waals surface area contributed by atoms with Crippen LogP contribution in [-0.2, 0) is 0 Å². The molecule has 0 aliphatic carbocycles. The highest BCUT2D eigenvalue weighted by Crippen LogP contribution is 2.21. The van der Waals surface area contributed by atoms with E-state index in [0.717, 1.165) is 13.0 Å². The van der Waals surface area contributed by atoms with Crippen molar-refractivity contribution >= 4 is 11.6 Å². The number of ether oxygens (including phenoxy) is 2. The van der Waals surface area contributed by atoms with E-state index < -0.39 is 18.9 Å². The Labute approximate surface area is 141 Å². The third-order valence-corrected chi connectivity index (χ3v) is 3.50. The molecule has 1 saturated heterocycles. The van der Waals surface area contributed by atoms with E-state index in [1.165, 1.54) is 18.5 Å². The number of aromatic nitrogens is 4. The summed E-state index contributed by atoms with van der Waals surface area (Å²) in [4.78, 5) is 8.15. The lowest BCUT2D eigenvalue weighted by Crippen LogP contribution is -2.33. The van der Waals surface area contributed by atoms with Gasteiger partial charge in [-0.15, -0.1) is 5.10 Å². The summed E-state index contributed by atoms with van der Waals surface area (Å²) < 4.78 is 48.0. The Morgan fingerprint density at radius 3 is 3.00 bits per heavy atom. The van der Waals surface area contributed by atoms with Gasteiger partial charge in [0.1, 0.15) is 18.1 Å². The molecule has 8 nitrogen and oxygen atoms in total. The molecule has 2 aromatic heterocycles. The van der Waals surface area contributed by atoms with Crippen LogP contribution < -0.4 is 20.1 Å². The second-order valence-corrected chi connectivity index (χ2v) is 5.38. The fourth-order valence-corrected chi connectivity index (χ4v) is 2.39. The zero-order valence-electron chi connectivity index (χ0n) is 13.1. The zero-order valence-corrected chi connectivity index (χ0v) is 13.1. The van der Waals surface area contributed by atoms with Crippen LogP contribution in [0.25, 0.3) is 0 Å². The monoisotopic (exact) mass is 358 g/mol. The van der Waals surface area contributed by atoms with Crippen LogP contribution in [0.4, 0.5) is 24.8 Å². The van der Waals surface area contributed by atoms with Crippen LogP contribution in [0.15, 0.2) is 18.5 Å². The van der Waals surface area contributed by atoms with Crippen molar-refractivity contribution in [3.8, 4) is 11.8 Å². The minimum atomic E-state index is -2.96. The van der Waals surface area contributed by atoms with E-state index in [0.29, 0.717) is 6.42 Å². The Balaban J connectivity index is 1.63. The van der Waals surface area contributed by atoms with Gasteiger partial charge in [0.2, 0.25) is 11.8 Å². The summed E-state index contributed by atoms with van der Waals surface area (Å²) >= 11 is 0. The maximum Gasteiger partial charge on any atom is 0.388 e. The maximum atomic E-state index is 14.0. The zero-order chi connectivity index (χ0) is 17.6. The number of aromatic amines is 1. The average Bonchev–Trinajstić information content (AvgIpc) is 2.89. The topological polar surface area (TPSA) is 97.0 Å². The van der Waals surface area contributed by atoms with Gasteiger partial charge in [0, 0.05) is 12.6 Å². The summed E-state index contributed by atoms with van der Waals surface area (Å²) in [5.74, 6) is 0.475. The molecular weight excluding hydrogens is 341 g/mol. The van der Waals surface area contributed by atoms with Crippen LogP contribution in [0.1, 0.15) is 12.8 Å². The molecule has 3 rings (SSSR count). The molecule has 0 unspecified atom stereocenters. The highest BCUT2D eigenvalue weighted by molar-refractivity contribution is 5.51. The van der Waals surface area contributed by atoms with Crippen LogP contribution in [0.2, 0.25) is 0 Å². The first kappa shape index (κ1) is 17.3. The number of hydrogen-bond acceptors (Lipinski definition) is 7. The minimum Gasteiger partial charge on any atom is -0.470 e. The van der Waals surface area contributed by atoms with Gasteiger partial charge in [-0.2, -0.15) is 13.8 Å². The molecule has 25 heavy (non-hydrogen) atoms. The van der Waals surface area contributed by atoms with Crippen molar-refractivity contribution in [2.24, 2.45) is 0 Å². The van der Waals surface area contributed by atoms with Gasteiger partial charge in [-0.1, -0.05) is 0 Å². The van der Waals surface area contributed by atoms with Gasteiger partial charge in [-0.3, -0.25) is 10.1 Å². The molecule has 2 aromatic rings. The molecule has 136 valence electrons. The molecule has 0 aromatic carbocycles. The Morgan fingerprint density at radius 1 is 1.28 bits per heavy atom. The van der Waals surface area contributed by atoms with E-state index in [-0.39, 0.29) is 29.9 Å². The Bertz CT molecular complexity index is 686. The highest BCUT2D eigenvalue weighted by Gasteiger charge is 2.25. The lowest BCUT2D eigenvalue weighted by Gasteiger charge is -2.19. The van der Waals surface area contributed by atoms with Crippen LogP contribution in [0, 0.1) is 0 Å². The molecule has 1 aliphatic heterocycles. The van der Waals surface area contributed by atoms with Crippen molar-refractivity contribution in [1.29, 1.82) is 0 Å². The average molecular weight is 358 g/mol. The number of H-pyrrole nitrogens is 1. The van der Waals surface area contributed by atoms with Crippen LogP contribution in [0.3, 0.4) is 0 Å². The van der Waals surface area contributed by atoms with Gasteiger partial charge < -0.3 is 20.1 Å². The quantitative estimate of drug-likeness (QED) is 0.727. The van der Waals surface area contributed by atoms with E-state index in [4.69, 9.17) is 4.74 Å². The van der Waals surface area contributed by atoms with Crippen molar-refractivity contribution in [2.75, 3.05) is 18.4 Å². The lowest BCUT2D eigenvalue weighted by molar-refractivity contribution is -0.0528. The molecule has 2 atom stereocenters. The van der Waals surface area contributed by atoms with Gasteiger partial charge in [0.05, 0.1) is 12.4 Å². The van der Waals surface area contributed by atoms with Crippen molar-refractivity contribution in [2.45, 2.75) is 31.7 Å². The summed E-state index contributed by atoms with van der Waals surface area (Å²) in [6.07, 6.45) is 2.43. The molecule has 3 N–H and O–H groups in total. The van der Waals surface area contributed by atoms with Crippen molar-refractivity contribution in [3.63, 3.8) is 0 Å². The highest BCUT2D eigenvalue weighted by atomic mass is 19.3. The third kappa shape index (κ3) is 4.95. The summed E-state index contributed by atoms with van der Waals surface area (Å²) in [7, 11) is 0. The maximum absolute atomic E-state index is 14.0. The predicted molar refractivity (Wildman–Crippen MR) is 82.0 cm³/mol. The molecule has 1 fully saturated rings. The second-order valence-electron chi connectivity index (χ2n) is 5.38. The molecule has 11 heteroatoms. The summed E-state index contributed by atoms with van der Waals surface area (Å²) in [6, 6.07) is 1.25. The molecule has 0 amide bonds. The Morgan fingerprint density at radius 2 is 2.16 bits per heavy atom. The summed E-state index contributed by atoms with van der Waals surface area (Å²) in [5, 5.41) is 11.8. The minimum absolute atomic E-state index is 0.170. The molecule has 0 radical (unpaired) electrons. The number of nitrogens with zero attached hydrogens (tertiary/aromatic N) is 3. The molecule has 0 bridgehead atoms. The first-order valence-corrected chi connectivity index (χ1v) is 7.71. The SMILES string of the molecule is FC(F)Oc1cc(Nc2cncc(O[C@H]3CCCNC[C@@H]3F)n2)[nH]n1. The van der Waals surface area contributed by atoms with Gasteiger partial charge in [0.25, 0.3) is 0 Å². The van der Waals surface area contributed by atoms with E-state index in [2.05, 4.69) is 35.5 Å². The normalized spacial score (nSPS) is 21.0. The van der Waals surface area contributed by atoms with Gasteiger partial charge >= 0.3 is 6.61 Å². The van der Waals surface area contributed by atoms with Gasteiger partial charge in [-0.05, 0) is 19.4 Å². The predicted octanol–water partition coefficient (Wildman–Crippen LogP) is 2.01.